The Morgan fingerprint density at radius 2 is 1.77 bits per heavy atom. The van der Waals surface area contributed by atoms with Gasteiger partial charge in [0, 0.05) is 19.0 Å². The van der Waals surface area contributed by atoms with Crippen molar-refractivity contribution in [3.63, 3.8) is 0 Å². The first-order chi connectivity index (χ1) is 5.94. The van der Waals surface area contributed by atoms with Crippen molar-refractivity contribution in [3.8, 4) is 0 Å². The molecule has 0 N–H and O–H groups in total. The van der Waals surface area contributed by atoms with Crippen molar-refractivity contribution in [1.29, 1.82) is 0 Å². The summed E-state index contributed by atoms with van der Waals surface area (Å²) in [6.45, 7) is 10.6. The third kappa shape index (κ3) is 1.18. The van der Waals surface area contributed by atoms with Crippen molar-refractivity contribution in [3.05, 3.63) is 0 Å². The maximum atomic E-state index is 11.6. The summed E-state index contributed by atoms with van der Waals surface area (Å²) in [7, 11) is 0. The van der Waals surface area contributed by atoms with Crippen molar-refractivity contribution in [2.75, 3.05) is 13.1 Å². The molecule has 1 saturated carbocycles. The lowest BCUT2D eigenvalue weighted by Gasteiger charge is -2.23. The molecule has 1 heterocycles. The smallest absolute Gasteiger partial charge is 0.225 e. The zero-order chi connectivity index (χ0) is 9.80. The van der Waals surface area contributed by atoms with E-state index in [1.807, 2.05) is 18.7 Å². The van der Waals surface area contributed by atoms with Gasteiger partial charge in [0.25, 0.3) is 0 Å². The Bertz CT molecular complexity index is 230. The minimum absolute atomic E-state index is 0.167. The average molecular weight is 181 g/mol. The van der Waals surface area contributed by atoms with Crippen LogP contribution in [0.1, 0.15) is 27.7 Å². The largest absolute Gasteiger partial charge is 0.342 e. The Morgan fingerprint density at radius 3 is 2.15 bits per heavy atom. The van der Waals surface area contributed by atoms with Gasteiger partial charge in [-0.3, -0.25) is 4.79 Å². The van der Waals surface area contributed by atoms with Gasteiger partial charge < -0.3 is 4.90 Å². The van der Waals surface area contributed by atoms with Gasteiger partial charge in [-0.1, -0.05) is 27.7 Å². The first kappa shape index (κ1) is 9.04. The summed E-state index contributed by atoms with van der Waals surface area (Å²) in [5, 5.41) is 0. The molecule has 2 heteroatoms. The van der Waals surface area contributed by atoms with Gasteiger partial charge in [-0.15, -0.1) is 0 Å². The number of rotatable bonds is 1. The van der Waals surface area contributed by atoms with Crippen molar-refractivity contribution < 1.29 is 4.79 Å². The third-order valence-corrected chi connectivity index (χ3v) is 3.93. The second kappa shape index (κ2) is 2.49. The highest BCUT2D eigenvalue weighted by atomic mass is 16.2. The van der Waals surface area contributed by atoms with Gasteiger partial charge in [-0.2, -0.15) is 0 Å². The van der Waals surface area contributed by atoms with E-state index >= 15 is 0 Å². The lowest BCUT2D eigenvalue weighted by atomic mass is 10.1. The molecule has 2 rings (SSSR count). The summed E-state index contributed by atoms with van der Waals surface area (Å²) < 4.78 is 0. The van der Waals surface area contributed by atoms with Crippen molar-refractivity contribution >= 4 is 5.91 Å². The van der Waals surface area contributed by atoms with E-state index in [4.69, 9.17) is 0 Å². The molecule has 2 nitrogen and oxygen atoms in total. The van der Waals surface area contributed by atoms with E-state index in [1.165, 1.54) is 0 Å². The van der Waals surface area contributed by atoms with Crippen LogP contribution in [0, 0.1) is 23.2 Å². The summed E-state index contributed by atoms with van der Waals surface area (Å²) in [4.78, 5) is 13.7. The fourth-order valence-corrected chi connectivity index (χ4v) is 2.68. The number of carbonyl (C=O) groups excluding carboxylic acids is 1. The van der Waals surface area contributed by atoms with Crippen LogP contribution in [-0.2, 0) is 4.79 Å². The fraction of sp³-hybridized carbons (Fsp3) is 0.909. The Morgan fingerprint density at radius 1 is 1.31 bits per heavy atom. The molecule has 2 aliphatic rings. The van der Waals surface area contributed by atoms with Crippen LogP contribution in [0.2, 0.25) is 0 Å². The molecule has 0 aromatic carbocycles. The van der Waals surface area contributed by atoms with Crippen LogP contribution in [0.5, 0.6) is 0 Å². The number of hydrogen-bond donors (Lipinski definition) is 0. The molecule has 0 spiro atoms. The van der Waals surface area contributed by atoms with E-state index in [2.05, 4.69) is 13.8 Å². The van der Waals surface area contributed by atoms with Crippen LogP contribution in [0.15, 0.2) is 0 Å². The van der Waals surface area contributed by atoms with Crippen LogP contribution in [0.4, 0.5) is 0 Å². The summed E-state index contributed by atoms with van der Waals surface area (Å²) in [6, 6.07) is 0. The Kier molecular flexibility index (Phi) is 1.73. The van der Waals surface area contributed by atoms with Gasteiger partial charge in [-0.05, 0) is 17.3 Å². The number of nitrogens with zero attached hydrogens (tertiary/aromatic N) is 1. The molecule has 0 aromatic heterocycles. The summed E-state index contributed by atoms with van der Waals surface area (Å²) in [5.74, 6) is 2.08. The quantitative estimate of drug-likeness (QED) is 0.603. The molecule has 0 bridgehead atoms. The molecule has 0 radical (unpaired) electrons. The molecule has 13 heavy (non-hydrogen) atoms. The lowest BCUT2D eigenvalue weighted by Crippen LogP contribution is -2.35. The topological polar surface area (TPSA) is 20.3 Å². The highest BCUT2D eigenvalue weighted by Gasteiger charge is 2.62. The number of hydrogen-bond acceptors (Lipinski definition) is 1. The van der Waals surface area contributed by atoms with Crippen molar-refractivity contribution in [2.45, 2.75) is 27.7 Å². The lowest BCUT2D eigenvalue weighted by molar-refractivity contribution is -0.134. The molecule has 2 atom stereocenters. The predicted molar refractivity (Wildman–Crippen MR) is 52.2 cm³/mol. The Labute approximate surface area is 80.3 Å². The molecule has 1 aliphatic heterocycles. The monoisotopic (exact) mass is 181 g/mol. The summed E-state index contributed by atoms with van der Waals surface area (Å²) in [6.07, 6.45) is 0. The SMILES string of the molecule is CC(C)C(=O)N1CC2C(C1)C2(C)C. The van der Waals surface area contributed by atoms with Gasteiger partial charge >= 0.3 is 0 Å². The van der Waals surface area contributed by atoms with Crippen molar-refractivity contribution in [2.24, 2.45) is 23.2 Å². The van der Waals surface area contributed by atoms with Gasteiger partial charge in [0.2, 0.25) is 5.91 Å². The van der Waals surface area contributed by atoms with E-state index in [0.29, 0.717) is 11.3 Å². The molecule has 1 saturated heterocycles. The second-order valence-electron chi connectivity index (χ2n) is 5.43. The minimum atomic E-state index is 0.167. The zero-order valence-corrected chi connectivity index (χ0v) is 9.00. The fourth-order valence-electron chi connectivity index (χ4n) is 2.68. The number of fused-ring (bicyclic) bond motifs is 1. The van der Waals surface area contributed by atoms with E-state index in [1.54, 1.807) is 0 Å². The zero-order valence-electron chi connectivity index (χ0n) is 9.00. The standard InChI is InChI=1S/C11H19NO/c1-7(2)10(13)12-5-8-9(6-12)11(8,3)4/h7-9H,5-6H2,1-4H3. The Balaban J connectivity index is 1.94. The van der Waals surface area contributed by atoms with E-state index < -0.39 is 0 Å². The second-order valence-corrected chi connectivity index (χ2v) is 5.43. The highest BCUT2D eigenvalue weighted by molar-refractivity contribution is 5.78. The van der Waals surface area contributed by atoms with Gasteiger partial charge in [0.15, 0.2) is 0 Å². The molecule has 74 valence electrons. The summed E-state index contributed by atoms with van der Waals surface area (Å²) >= 11 is 0. The molecule has 2 fully saturated rings. The molecular weight excluding hydrogens is 162 g/mol. The predicted octanol–water partition coefficient (Wildman–Crippen LogP) is 1.76. The molecular formula is C11H19NO. The molecule has 1 amide bonds. The van der Waals surface area contributed by atoms with Crippen LogP contribution < -0.4 is 0 Å². The third-order valence-electron chi connectivity index (χ3n) is 3.93. The van der Waals surface area contributed by atoms with Gasteiger partial charge in [-0.25, -0.2) is 0 Å². The molecule has 1 aliphatic carbocycles. The van der Waals surface area contributed by atoms with Crippen LogP contribution in [-0.4, -0.2) is 23.9 Å². The van der Waals surface area contributed by atoms with Crippen LogP contribution >= 0.6 is 0 Å². The number of amides is 1. The van der Waals surface area contributed by atoms with E-state index in [-0.39, 0.29) is 5.92 Å². The first-order valence-corrected chi connectivity index (χ1v) is 5.23. The average Bonchev–Trinajstić information content (AvgIpc) is 2.53. The van der Waals surface area contributed by atoms with E-state index in [9.17, 15) is 4.79 Å². The maximum Gasteiger partial charge on any atom is 0.225 e. The molecule has 0 aromatic rings. The highest BCUT2D eigenvalue weighted by Crippen LogP contribution is 2.61. The maximum absolute atomic E-state index is 11.6. The van der Waals surface area contributed by atoms with Crippen LogP contribution in [0.25, 0.3) is 0 Å². The summed E-state index contributed by atoms with van der Waals surface area (Å²) in [5.41, 5.74) is 0.522. The number of likely N-dealkylation sites (tertiary alicyclic amines) is 1. The molecule has 2 unspecified atom stereocenters. The normalized spacial score (nSPS) is 35.0. The van der Waals surface area contributed by atoms with Crippen molar-refractivity contribution in [1.82, 2.24) is 4.90 Å². The number of carbonyl (C=O) groups is 1. The van der Waals surface area contributed by atoms with Gasteiger partial charge in [0.1, 0.15) is 0 Å². The first-order valence-electron chi connectivity index (χ1n) is 5.23. The Hall–Kier alpha value is -0.530. The van der Waals surface area contributed by atoms with E-state index in [0.717, 1.165) is 24.9 Å². The van der Waals surface area contributed by atoms with Crippen LogP contribution in [0.3, 0.4) is 0 Å². The number of piperidine rings is 1. The minimum Gasteiger partial charge on any atom is -0.342 e. The van der Waals surface area contributed by atoms with Gasteiger partial charge in [0.05, 0.1) is 0 Å².